The van der Waals surface area contributed by atoms with Crippen LogP contribution in [0.4, 0.5) is 5.69 Å². The molecule has 0 fully saturated rings. The van der Waals surface area contributed by atoms with Gasteiger partial charge in [0.25, 0.3) is 5.91 Å². The molecule has 0 heterocycles. The van der Waals surface area contributed by atoms with E-state index in [0.29, 0.717) is 17.2 Å². The van der Waals surface area contributed by atoms with Crippen molar-refractivity contribution in [2.45, 2.75) is 26.9 Å². The molecule has 6 heteroatoms. The van der Waals surface area contributed by atoms with E-state index >= 15 is 0 Å². The summed E-state index contributed by atoms with van der Waals surface area (Å²) in [5.74, 6) is 0.197. The third-order valence-electron chi connectivity index (χ3n) is 3.92. The van der Waals surface area contributed by atoms with E-state index in [1.54, 1.807) is 37.4 Å². The zero-order chi connectivity index (χ0) is 19.1. The number of amides is 1. The van der Waals surface area contributed by atoms with Crippen molar-refractivity contribution < 1.29 is 23.8 Å². The molecule has 1 atom stereocenters. The van der Waals surface area contributed by atoms with Crippen LogP contribution in [0, 0.1) is 13.8 Å². The smallest absolute Gasteiger partial charge is 0.344 e. The van der Waals surface area contributed by atoms with Crippen LogP contribution in [0.25, 0.3) is 0 Å². The van der Waals surface area contributed by atoms with Crippen molar-refractivity contribution in [3.63, 3.8) is 0 Å². The zero-order valence-electron chi connectivity index (χ0n) is 15.4. The number of ether oxygens (including phenoxy) is 3. The largest absolute Gasteiger partial charge is 0.497 e. The first kappa shape index (κ1) is 19.3. The van der Waals surface area contributed by atoms with E-state index < -0.39 is 18.0 Å². The second-order valence-corrected chi connectivity index (χ2v) is 5.84. The summed E-state index contributed by atoms with van der Waals surface area (Å²) in [6.07, 6.45) is -0.948. The lowest BCUT2D eigenvalue weighted by atomic mass is 10.1. The van der Waals surface area contributed by atoms with Crippen LogP contribution in [0.15, 0.2) is 42.5 Å². The molecule has 2 rings (SSSR count). The molecule has 0 aliphatic rings. The first-order valence-corrected chi connectivity index (χ1v) is 8.24. The SMILES string of the molecule is COc1cccc(NC(=O)[C@H](C)OC(=O)COc2cccc(C)c2C)c1. The van der Waals surface area contributed by atoms with Crippen LogP contribution >= 0.6 is 0 Å². The summed E-state index contributed by atoms with van der Waals surface area (Å²) in [5.41, 5.74) is 2.59. The fourth-order valence-corrected chi connectivity index (χ4v) is 2.25. The number of aryl methyl sites for hydroxylation is 1. The van der Waals surface area contributed by atoms with Crippen molar-refractivity contribution in [2.24, 2.45) is 0 Å². The van der Waals surface area contributed by atoms with Crippen molar-refractivity contribution >= 4 is 17.6 Å². The molecule has 6 nitrogen and oxygen atoms in total. The fourth-order valence-electron chi connectivity index (χ4n) is 2.25. The van der Waals surface area contributed by atoms with Gasteiger partial charge in [0.1, 0.15) is 11.5 Å². The molecule has 2 aromatic carbocycles. The minimum atomic E-state index is -0.948. The molecule has 138 valence electrons. The molecule has 0 bridgehead atoms. The third-order valence-corrected chi connectivity index (χ3v) is 3.92. The van der Waals surface area contributed by atoms with Crippen molar-refractivity contribution in [2.75, 3.05) is 19.0 Å². The highest BCUT2D eigenvalue weighted by molar-refractivity contribution is 5.95. The monoisotopic (exact) mass is 357 g/mol. The van der Waals surface area contributed by atoms with Gasteiger partial charge >= 0.3 is 5.97 Å². The predicted octanol–water partition coefficient (Wildman–Crippen LogP) is 3.26. The third kappa shape index (κ3) is 5.24. The molecule has 2 aromatic rings. The van der Waals surface area contributed by atoms with Gasteiger partial charge in [-0.3, -0.25) is 4.79 Å². The lowest BCUT2D eigenvalue weighted by Crippen LogP contribution is -2.31. The summed E-state index contributed by atoms with van der Waals surface area (Å²) >= 11 is 0. The normalized spacial score (nSPS) is 11.4. The Balaban J connectivity index is 1.85. The predicted molar refractivity (Wildman–Crippen MR) is 98.6 cm³/mol. The van der Waals surface area contributed by atoms with Crippen LogP contribution in [-0.4, -0.2) is 31.7 Å². The Hall–Kier alpha value is -3.02. The van der Waals surface area contributed by atoms with Gasteiger partial charge in [0.05, 0.1) is 7.11 Å². The zero-order valence-corrected chi connectivity index (χ0v) is 15.4. The second kappa shape index (κ2) is 8.89. The van der Waals surface area contributed by atoms with E-state index in [4.69, 9.17) is 14.2 Å². The van der Waals surface area contributed by atoms with Gasteiger partial charge in [-0.1, -0.05) is 18.2 Å². The molecule has 0 radical (unpaired) electrons. The fraction of sp³-hybridized carbons (Fsp3) is 0.300. The van der Waals surface area contributed by atoms with E-state index in [0.717, 1.165) is 11.1 Å². The first-order chi connectivity index (χ1) is 12.4. The average Bonchev–Trinajstić information content (AvgIpc) is 2.63. The van der Waals surface area contributed by atoms with Gasteiger partial charge in [-0.2, -0.15) is 0 Å². The van der Waals surface area contributed by atoms with Gasteiger partial charge in [0.2, 0.25) is 0 Å². The number of anilines is 1. The Morgan fingerprint density at radius 2 is 1.85 bits per heavy atom. The van der Waals surface area contributed by atoms with Crippen molar-refractivity contribution in [3.05, 3.63) is 53.6 Å². The van der Waals surface area contributed by atoms with Crippen LogP contribution in [-0.2, 0) is 14.3 Å². The van der Waals surface area contributed by atoms with Crippen molar-refractivity contribution in [1.29, 1.82) is 0 Å². The van der Waals surface area contributed by atoms with Gasteiger partial charge in [-0.15, -0.1) is 0 Å². The van der Waals surface area contributed by atoms with E-state index in [1.807, 2.05) is 26.0 Å². The number of rotatable bonds is 7. The van der Waals surface area contributed by atoms with Crippen molar-refractivity contribution in [1.82, 2.24) is 0 Å². The van der Waals surface area contributed by atoms with E-state index in [2.05, 4.69) is 5.32 Å². The number of esters is 1. The quantitative estimate of drug-likeness (QED) is 0.770. The minimum absolute atomic E-state index is 0.263. The molecule has 0 aromatic heterocycles. The minimum Gasteiger partial charge on any atom is -0.497 e. The topological polar surface area (TPSA) is 73.9 Å². The lowest BCUT2D eigenvalue weighted by molar-refractivity contribution is -0.155. The van der Waals surface area contributed by atoms with Crippen LogP contribution in [0.1, 0.15) is 18.1 Å². The maximum atomic E-state index is 12.2. The van der Waals surface area contributed by atoms with Crippen LogP contribution in [0.3, 0.4) is 0 Å². The molecule has 0 aliphatic carbocycles. The Bertz CT molecular complexity index is 788. The molecule has 0 saturated heterocycles. The Labute approximate surface area is 153 Å². The van der Waals surface area contributed by atoms with Gasteiger partial charge in [-0.25, -0.2) is 4.79 Å². The number of nitrogens with one attached hydrogen (secondary N) is 1. The summed E-state index contributed by atoms with van der Waals surface area (Å²) in [6, 6.07) is 12.5. The molecule has 1 N–H and O–H groups in total. The molecule has 1 amide bonds. The summed E-state index contributed by atoms with van der Waals surface area (Å²) < 4.78 is 15.7. The van der Waals surface area contributed by atoms with Crippen LogP contribution in [0.2, 0.25) is 0 Å². The first-order valence-electron chi connectivity index (χ1n) is 8.24. The molecule has 0 unspecified atom stereocenters. The lowest BCUT2D eigenvalue weighted by Gasteiger charge is -2.15. The van der Waals surface area contributed by atoms with Gasteiger partial charge in [0.15, 0.2) is 12.7 Å². The number of hydrogen-bond acceptors (Lipinski definition) is 5. The Morgan fingerprint density at radius 3 is 2.58 bits per heavy atom. The van der Waals surface area contributed by atoms with E-state index in [-0.39, 0.29) is 6.61 Å². The number of benzene rings is 2. The number of methoxy groups -OCH3 is 1. The van der Waals surface area contributed by atoms with Gasteiger partial charge in [0, 0.05) is 11.8 Å². The standard InChI is InChI=1S/C20H23NO5/c1-13-7-5-10-18(14(13)2)25-12-19(22)26-15(3)20(23)21-16-8-6-9-17(11-16)24-4/h5-11,15H,12H2,1-4H3,(H,21,23)/t15-/m0/s1. The summed E-state index contributed by atoms with van der Waals surface area (Å²) in [7, 11) is 1.54. The molecular weight excluding hydrogens is 334 g/mol. The highest BCUT2D eigenvalue weighted by Gasteiger charge is 2.18. The molecule has 0 saturated carbocycles. The van der Waals surface area contributed by atoms with E-state index in [9.17, 15) is 9.59 Å². The van der Waals surface area contributed by atoms with E-state index in [1.165, 1.54) is 6.92 Å². The number of carbonyl (C=O) groups excluding carboxylic acids is 2. The second-order valence-electron chi connectivity index (χ2n) is 5.84. The average molecular weight is 357 g/mol. The molecular formula is C20H23NO5. The Kier molecular flexibility index (Phi) is 6.60. The van der Waals surface area contributed by atoms with Crippen LogP contribution in [0.5, 0.6) is 11.5 Å². The molecule has 0 spiro atoms. The van der Waals surface area contributed by atoms with Crippen molar-refractivity contribution in [3.8, 4) is 11.5 Å². The maximum Gasteiger partial charge on any atom is 0.344 e. The summed E-state index contributed by atoms with van der Waals surface area (Å²) in [4.78, 5) is 24.1. The maximum absolute atomic E-state index is 12.2. The van der Waals surface area contributed by atoms with Crippen LogP contribution < -0.4 is 14.8 Å². The summed E-state index contributed by atoms with van der Waals surface area (Å²) in [5, 5.41) is 2.68. The summed E-state index contributed by atoms with van der Waals surface area (Å²) in [6.45, 7) is 5.12. The number of hydrogen-bond donors (Lipinski definition) is 1. The number of carbonyl (C=O) groups is 2. The van der Waals surface area contributed by atoms with Gasteiger partial charge in [-0.05, 0) is 50.1 Å². The molecule has 26 heavy (non-hydrogen) atoms. The Morgan fingerprint density at radius 1 is 1.12 bits per heavy atom. The van der Waals surface area contributed by atoms with Gasteiger partial charge < -0.3 is 19.5 Å². The molecule has 0 aliphatic heterocycles. The highest BCUT2D eigenvalue weighted by Crippen LogP contribution is 2.20. The highest BCUT2D eigenvalue weighted by atomic mass is 16.6.